The Balaban J connectivity index is 1.57. The molecule has 0 radical (unpaired) electrons. The van der Waals surface area contributed by atoms with Crippen molar-refractivity contribution in [1.82, 2.24) is 0 Å². The van der Waals surface area contributed by atoms with Crippen LogP contribution >= 0.6 is 0 Å². The molecule has 0 fully saturated rings. The van der Waals surface area contributed by atoms with Gasteiger partial charge in [0.25, 0.3) is 0 Å². The topological polar surface area (TPSA) is 152 Å². The number of hydrogen-bond acceptors (Lipinski definition) is 10. The molecule has 10 heteroatoms. The Kier molecular flexibility index (Phi) is 6.53. The molecule has 0 bridgehead atoms. The Morgan fingerprint density at radius 1 is 0.571 bits per heavy atom. The van der Waals surface area contributed by atoms with Gasteiger partial charge in [-0.1, -0.05) is 24.3 Å². The molecule has 0 saturated carbocycles. The number of methoxy groups -OCH3 is 2. The number of hydrogen-bond donors (Lipinski definition) is 4. The van der Waals surface area contributed by atoms with Gasteiger partial charge in [0, 0.05) is 24.3 Å². The largest absolute Gasteiger partial charge is 0.508 e. The maximum absolute atomic E-state index is 14.4. The Labute approximate surface area is 239 Å². The maximum Gasteiger partial charge on any atom is 0.178 e. The van der Waals surface area contributed by atoms with Crippen LogP contribution in [-0.2, 0) is 0 Å². The molecular weight excluding hydrogens is 544 g/mol. The zero-order valence-electron chi connectivity index (χ0n) is 22.5. The fourth-order valence-corrected chi connectivity index (χ4v) is 5.72. The van der Waals surface area contributed by atoms with E-state index in [1.807, 2.05) is 0 Å². The monoisotopic (exact) mass is 570 g/mol. The average Bonchev–Trinajstić information content (AvgIpc) is 2.96. The first-order chi connectivity index (χ1) is 20.2. The van der Waals surface area contributed by atoms with E-state index in [0.717, 1.165) is 12.1 Å². The van der Waals surface area contributed by atoms with Crippen molar-refractivity contribution in [1.29, 1.82) is 0 Å². The van der Waals surface area contributed by atoms with Crippen molar-refractivity contribution < 1.29 is 49.0 Å². The Bertz CT molecular complexity index is 1570. The minimum atomic E-state index is -1.26. The summed E-state index contributed by atoms with van der Waals surface area (Å²) < 4.78 is 23.1. The highest BCUT2D eigenvalue weighted by atomic mass is 16.5. The maximum atomic E-state index is 14.4. The van der Waals surface area contributed by atoms with Gasteiger partial charge in [-0.2, -0.15) is 0 Å². The molecule has 2 heterocycles. The normalized spacial score (nSPS) is 21.0. The highest BCUT2D eigenvalue weighted by molar-refractivity contribution is 6.11. The molecule has 6 rings (SSSR count). The number of fused-ring (bicyclic) bond motifs is 2. The molecule has 0 spiro atoms. The fraction of sp³-hybridized carbons (Fsp3) is 0.188. The summed E-state index contributed by atoms with van der Waals surface area (Å²) in [5.41, 5.74) is 0.656. The molecule has 0 unspecified atom stereocenters. The number of carbonyl (C=O) groups excluding carboxylic acids is 2. The lowest BCUT2D eigenvalue weighted by Crippen LogP contribution is -2.45. The lowest BCUT2D eigenvalue weighted by atomic mass is 9.69. The summed E-state index contributed by atoms with van der Waals surface area (Å²) in [6, 6.07) is 18.0. The van der Waals surface area contributed by atoms with Crippen molar-refractivity contribution in [3.8, 4) is 46.0 Å². The molecule has 4 atom stereocenters. The van der Waals surface area contributed by atoms with Gasteiger partial charge in [-0.25, -0.2) is 0 Å². The van der Waals surface area contributed by atoms with Crippen LogP contribution < -0.4 is 18.9 Å². The van der Waals surface area contributed by atoms with E-state index in [1.54, 1.807) is 48.5 Å². The van der Waals surface area contributed by atoms with Crippen molar-refractivity contribution in [2.75, 3.05) is 14.2 Å². The average molecular weight is 571 g/mol. The van der Waals surface area contributed by atoms with Gasteiger partial charge in [0.1, 0.15) is 69.3 Å². The summed E-state index contributed by atoms with van der Waals surface area (Å²) in [6.07, 6.45) is -2.15. The second kappa shape index (κ2) is 10.2. The Morgan fingerprint density at radius 2 is 0.929 bits per heavy atom. The first kappa shape index (κ1) is 26.8. The molecule has 0 amide bonds. The van der Waals surface area contributed by atoms with Crippen molar-refractivity contribution in [2.45, 2.75) is 12.2 Å². The van der Waals surface area contributed by atoms with Crippen molar-refractivity contribution in [3.05, 3.63) is 95.1 Å². The quantitative estimate of drug-likeness (QED) is 0.255. The van der Waals surface area contributed by atoms with Crippen LogP contribution in [-0.4, -0.2) is 46.2 Å². The third-order valence-electron chi connectivity index (χ3n) is 7.67. The summed E-state index contributed by atoms with van der Waals surface area (Å²) in [4.78, 5) is 28.7. The molecule has 0 aromatic heterocycles. The molecular formula is C32H26O10. The summed E-state index contributed by atoms with van der Waals surface area (Å²) >= 11 is 0. The zero-order valence-corrected chi connectivity index (χ0v) is 22.5. The van der Waals surface area contributed by atoms with Crippen LogP contribution in [0.2, 0.25) is 0 Å². The Morgan fingerprint density at radius 3 is 1.26 bits per heavy atom. The number of Topliss-reactive ketones (excluding diaryl/α,β-unsaturated/α-hetero) is 2. The van der Waals surface area contributed by atoms with Gasteiger partial charge >= 0.3 is 0 Å². The van der Waals surface area contributed by atoms with Crippen LogP contribution in [0.25, 0.3) is 0 Å². The van der Waals surface area contributed by atoms with E-state index in [1.165, 1.54) is 26.4 Å². The number of phenolic OH excluding ortho intramolecular Hbond substituents is 4. The van der Waals surface area contributed by atoms with Crippen LogP contribution in [0.5, 0.6) is 46.0 Å². The first-order valence-electron chi connectivity index (χ1n) is 13.0. The summed E-state index contributed by atoms with van der Waals surface area (Å²) in [7, 11) is 3.03. The van der Waals surface area contributed by atoms with Crippen molar-refractivity contribution >= 4 is 11.6 Å². The van der Waals surface area contributed by atoms with Crippen LogP contribution in [0.4, 0.5) is 0 Å². The molecule has 42 heavy (non-hydrogen) atoms. The molecule has 2 aliphatic heterocycles. The highest BCUT2D eigenvalue weighted by Gasteiger charge is 2.53. The molecule has 0 aliphatic carbocycles. The number of phenols is 4. The lowest BCUT2D eigenvalue weighted by Gasteiger charge is -2.42. The van der Waals surface area contributed by atoms with Gasteiger partial charge in [0.05, 0.1) is 26.1 Å². The second-order valence-corrected chi connectivity index (χ2v) is 10.1. The zero-order chi connectivity index (χ0) is 29.7. The van der Waals surface area contributed by atoms with Crippen LogP contribution in [0.1, 0.15) is 44.1 Å². The van der Waals surface area contributed by atoms with E-state index in [0.29, 0.717) is 22.6 Å². The van der Waals surface area contributed by atoms with Gasteiger partial charge in [0.15, 0.2) is 11.6 Å². The van der Waals surface area contributed by atoms with Crippen LogP contribution in [0, 0.1) is 11.8 Å². The molecule has 214 valence electrons. The van der Waals surface area contributed by atoms with E-state index in [4.69, 9.17) is 18.9 Å². The minimum Gasteiger partial charge on any atom is -0.508 e. The number of benzene rings is 4. The van der Waals surface area contributed by atoms with Gasteiger partial charge in [-0.3, -0.25) is 9.59 Å². The number of ether oxygens (including phenoxy) is 4. The van der Waals surface area contributed by atoms with Crippen molar-refractivity contribution in [3.63, 3.8) is 0 Å². The van der Waals surface area contributed by atoms with Gasteiger partial charge < -0.3 is 39.4 Å². The smallest absolute Gasteiger partial charge is 0.178 e. The second-order valence-electron chi connectivity index (χ2n) is 10.1. The van der Waals surface area contributed by atoms with Gasteiger partial charge in [-0.05, 0) is 35.4 Å². The third kappa shape index (κ3) is 4.37. The summed E-state index contributed by atoms with van der Waals surface area (Å²) in [5.74, 6) is -4.37. The number of aromatic hydroxyl groups is 4. The van der Waals surface area contributed by atoms with E-state index < -0.39 is 47.1 Å². The standard InChI is InChI=1S/C32H26O10/c1-39-19-7-3-15(4-8-19)31-27(29(37)25-21(35)11-17(33)13-23(25)41-31)28-30(38)26-22(36)12-18(34)14-24(26)42-32(28)16-5-9-20(40-2)10-6-16/h3-14,27-28,31-36H,1-2H3/t27-,28-,31-,32+/m0/s1. The molecule has 4 N–H and O–H groups in total. The molecule has 10 nitrogen and oxygen atoms in total. The summed E-state index contributed by atoms with van der Waals surface area (Å²) in [6.45, 7) is 0. The van der Waals surface area contributed by atoms with Gasteiger partial charge in [0.2, 0.25) is 0 Å². The predicted molar refractivity (Wildman–Crippen MR) is 148 cm³/mol. The predicted octanol–water partition coefficient (Wildman–Crippen LogP) is 5.09. The highest BCUT2D eigenvalue weighted by Crippen LogP contribution is 2.53. The Hall–Kier alpha value is -5.38. The van der Waals surface area contributed by atoms with Crippen LogP contribution in [0.3, 0.4) is 0 Å². The van der Waals surface area contributed by atoms with Crippen LogP contribution in [0.15, 0.2) is 72.8 Å². The first-order valence-corrected chi connectivity index (χ1v) is 13.0. The van der Waals surface area contributed by atoms with E-state index in [-0.39, 0.29) is 34.1 Å². The van der Waals surface area contributed by atoms with E-state index in [2.05, 4.69) is 0 Å². The van der Waals surface area contributed by atoms with Gasteiger partial charge in [-0.15, -0.1) is 0 Å². The lowest BCUT2D eigenvalue weighted by molar-refractivity contribution is 0.0129. The summed E-state index contributed by atoms with van der Waals surface area (Å²) in [5, 5.41) is 41.7. The van der Waals surface area contributed by atoms with E-state index in [9.17, 15) is 30.0 Å². The van der Waals surface area contributed by atoms with E-state index >= 15 is 0 Å². The number of rotatable bonds is 5. The number of carbonyl (C=O) groups is 2. The fourth-order valence-electron chi connectivity index (χ4n) is 5.72. The SMILES string of the molecule is COc1ccc([C@H]2Oc3cc(O)cc(O)c3C(=O)[C@@H]2[C@H]2C(=O)c3c(O)cc(O)cc3O[C@H]2c2ccc(OC)cc2)cc1. The molecule has 2 aliphatic rings. The molecule has 4 aromatic carbocycles. The van der Waals surface area contributed by atoms with Crippen molar-refractivity contribution in [2.24, 2.45) is 11.8 Å². The number of ketones is 2. The minimum absolute atomic E-state index is 0.0482. The molecule has 4 aromatic rings. The third-order valence-corrected chi connectivity index (χ3v) is 7.67. The molecule has 0 saturated heterocycles.